The number of hydrogen-bond donors (Lipinski definition) is 2. The second-order valence-electron chi connectivity index (χ2n) is 5.89. The van der Waals surface area contributed by atoms with Crippen LogP contribution >= 0.6 is 0 Å². The van der Waals surface area contributed by atoms with Gasteiger partial charge in [-0.05, 0) is 24.5 Å². The zero-order chi connectivity index (χ0) is 16.4. The first kappa shape index (κ1) is 15.5. The monoisotopic (exact) mass is 317 g/mol. The maximum absolute atomic E-state index is 12.7. The summed E-state index contributed by atoms with van der Waals surface area (Å²) in [5.74, 6) is -1.20. The molecule has 2 aromatic rings. The van der Waals surface area contributed by atoms with Crippen LogP contribution in [-0.2, 0) is 20.7 Å². The number of nitrogens with zero attached hydrogens (tertiary/aromatic N) is 2. The molecule has 0 radical (unpaired) electrons. The summed E-state index contributed by atoms with van der Waals surface area (Å²) in [6.45, 7) is 0.453. The smallest absolute Gasteiger partial charge is 0.332 e. The molecule has 2 N–H and O–H groups in total. The summed E-state index contributed by atoms with van der Waals surface area (Å²) >= 11 is 0. The number of aliphatic carboxylic acids is 1. The van der Waals surface area contributed by atoms with Crippen molar-refractivity contribution in [2.75, 3.05) is 20.3 Å². The fraction of sp³-hybridized carbons (Fsp3) is 0.438. The molecule has 0 aliphatic carbocycles. The van der Waals surface area contributed by atoms with Crippen LogP contribution in [0.15, 0.2) is 24.4 Å². The van der Waals surface area contributed by atoms with E-state index >= 15 is 0 Å². The summed E-state index contributed by atoms with van der Waals surface area (Å²) in [5.41, 5.74) is 0.442. The highest BCUT2D eigenvalue weighted by Gasteiger charge is 2.49. The number of carbonyl (C=O) groups excluding carboxylic acids is 1. The van der Waals surface area contributed by atoms with E-state index in [9.17, 15) is 14.7 Å². The van der Waals surface area contributed by atoms with Crippen molar-refractivity contribution in [3.63, 3.8) is 0 Å². The van der Waals surface area contributed by atoms with Crippen LogP contribution in [0.1, 0.15) is 18.4 Å². The van der Waals surface area contributed by atoms with Gasteiger partial charge in [0.2, 0.25) is 5.91 Å². The number of rotatable bonds is 5. The van der Waals surface area contributed by atoms with Gasteiger partial charge in [-0.1, -0.05) is 12.1 Å². The van der Waals surface area contributed by atoms with E-state index in [-0.39, 0.29) is 18.9 Å². The van der Waals surface area contributed by atoms with Crippen molar-refractivity contribution >= 4 is 22.8 Å². The minimum Gasteiger partial charge on any atom is -0.479 e. The van der Waals surface area contributed by atoms with E-state index in [1.165, 1.54) is 12.0 Å². The third kappa shape index (κ3) is 2.68. The molecule has 0 spiro atoms. The van der Waals surface area contributed by atoms with Gasteiger partial charge in [0.15, 0.2) is 5.54 Å². The summed E-state index contributed by atoms with van der Waals surface area (Å²) in [7, 11) is 1.46. The van der Waals surface area contributed by atoms with Crippen molar-refractivity contribution in [3.8, 4) is 0 Å². The molecule has 7 nitrogen and oxygen atoms in total. The normalized spacial score (nSPS) is 21.0. The largest absolute Gasteiger partial charge is 0.479 e. The minimum absolute atomic E-state index is 0.00760. The SMILES string of the molecule is COCC1(C(=O)O)CCCN1C(=O)Cc1ccc2cn[nH]c2c1. The molecule has 1 saturated heterocycles. The van der Waals surface area contributed by atoms with E-state index in [4.69, 9.17) is 4.74 Å². The third-order valence-corrected chi connectivity index (χ3v) is 4.43. The molecule has 1 aromatic carbocycles. The Morgan fingerprint density at radius 1 is 1.48 bits per heavy atom. The highest BCUT2D eigenvalue weighted by Crippen LogP contribution is 2.31. The first-order valence-corrected chi connectivity index (χ1v) is 7.51. The number of aromatic amines is 1. The second-order valence-corrected chi connectivity index (χ2v) is 5.89. The Labute approximate surface area is 133 Å². The predicted molar refractivity (Wildman–Crippen MR) is 83.0 cm³/mol. The number of likely N-dealkylation sites (tertiary alicyclic amines) is 1. The number of hydrogen-bond acceptors (Lipinski definition) is 4. The Bertz CT molecular complexity index is 742. The Morgan fingerprint density at radius 2 is 2.30 bits per heavy atom. The lowest BCUT2D eigenvalue weighted by molar-refractivity contribution is -0.160. The van der Waals surface area contributed by atoms with Gasteiger partial charge in [-0.15, -0.1) is 0 Å². The Hall–Kier alpha value is -2.41. The van der Waals surface area contributed by atoms with Gasteiger partial charge < -0.3 is 14.7 Å². The molecule has 0 bridgehead atoms. The Balaban J connectivity index is 1.82. The van der Waals surface area contributed by atoms with E-state index in [0.717, 1.165) is 16.5 Å². The zero-order valence-electron chi connectivity index (χ0n) is 12.9. The number of amides is 1. The first-order valence-electron chi connectivity index (χ1n) is 7.51. The van der Waals surface area contributed by atoms with Gasteiger partial charge in [-0.2, -0.15) is 5.10 Å². The number of nitrogens with one attached hydrogen (secondary N) is 1. The van der Waals surface area contributed by atoms with Gasteiger partial charge >= 0.3 is 5.97 Å². The number of methoxy groups -OCH3 is 1. The minimum atomic E-state index is -1.25. The summed E-state index contributed by atoms with van der Waals surface area (Å²) in [5, 5.41) is 17.4. The molecule has 23 heavy (non-hydrogen) atoms. The maximum Gasteiger partial charge on any atom is 0.332 e. The van der Waals surface area contributed by atoms with Gasteiger partial charge in [0.1, 0.15) is 0 Å². The van der Waals surface area contributed by atoms with Crippen LogP contribution in [-0.4, -0.2) is 57.9 Å². The van der Waals surface area contributed by atoms with E-state index in [0.29, 0.717) is 19.4 Å². The highest BCUT2D eigenvalue weighted by molar-refractivity contribution is 5.89. The van der Waals surface area contributed by atoms with Crippen molar-refractivity contribution in [2.24, 2.45) is 0 Å². The predicted octanol–water partition coefficient (Wildman–Crippen LogP) is 1.20. The average Bonchev–Trinajstić information content (AvgIpc) is 3.14. The Kier molecular flexibility index (Phi) is 4.04. The van der Waals surface area contributed by atoms with Gasteiger partial charge in [0.25, 0.3) is 0 Å². The van der Waals surface area contributed by atoms with Crippen LogP contribution in [0.25, 0.3) is 10.9 Å². The van der Waals surface area contributed by atoms with Gasteiger partial charge in [0.05, 0.1) is 24.7 Å². The van der Waals surface area contributed by atoms with Crippen LogP contribution in [0.4, 0.5) is 0 Å². The molecule has 1 fully saturated rings. The summed E-state index contributed by atoms with van der Waals surface area (Å²) in [6.07, 6.45) is 2.96. The van der Waals surface area contributed by atoms with Gasteiger partial charge in [0, 0.05) is 19.0 Å². The molecule has 122 valence electrons. The molecule has 1 amide bonds. The molecular formula is C16H19N3O4. The number of carboxylic acid groups (broad SMARTS) is 1. The van der Waals surface area contributed by atoms with Crippen LogP contribution in [0.2, 0.25) is 0 Å². The molecule has 7 heteroatoms. The second kappa shape index (κ2) is 6.00. The molecule has 2 heterocycles. The van der Waals surface area contributed by atoms with Crippen molar-refractivity contribution in [2.45, 2.75) is 24.8 Å². The fourth-order valence-corrected chi connectivity index (χ4v) is 3.28. The molecule has 3 rings (SSSR count). The highest BCUT2D eigenvalue weighted by atomic mass is 16.5. The van der Waals surface area contributed by atoms with E-state index in [1.54, 1.807) is 6.20 Å². The average molecular weight is 317 g/mol. The molecular weight excluding hydrogens is 298 g/mol. The number of H-pyrrole nitrogens is 1. The number of carbonyl (C=O) groups is 2. The van der Waals surface area contributed by atoms with Crippen molar-refractivity contribution in [1.29, 1.82) is 0 Å². The topological polar surface area (TPSA) is 95.5 Å². The van der Waals surface area contributed by atoms with E-state index in [2.05, 4.69) is 10.2 Å². The van der Waals surface area contributed by atoms with Crippen LogP contribution < -0.4 is 0 Å². The number of benzene rings is 1. The van der Waals surface area contributed by atoms with Gasteiger partial charge in [-0.3, -0.25) is 9.89 Å². The van der Waals surface area contributed by atoms with Crippen molar-refractivity contribution in [3.05, 3.63) is 30.0 Å². The molecule has 1 aliphatic heterocycles. The maximum atomic E-state index is 12.7. The van der Waals surface area contributed by atoms with Gasteiger partial charge in [-0.25, -0.2) is 4.79 Å². The summed E-state index contributed by atoms with van der Waals surface area (Å²) < 4.78 is 5.08. The van der Waals surface area contributed by atoms with E-state index < -0.39 is 11.5 Å². The molecule has 1 aromatic heterocycles. The lowest BCUT2D eigenvalue weighted by Crippen LogP contribution is -2.56. The van der Waals surface area contributed by atoms with Crippen molar-refractivity contribution in [1.82, 2.24) is 15.1 Å². The van der Waals surface area contributed by atoms with Crippen LogP contribution in [0.5, 0.6) is 0 Å². The lowest BCUT2D eigenvalue weighted by atomic mass is 9.96. The molecule has 1 unspecified atom stereocenters. The quantitative estimate of drug-likeness (QED) is 0.864. The van der Waals surface area contributed by atoms with E-state index in [1.807, 2.05) is 18.2 Å². The summed E-state index contributed by atoms with van der Waals surface area (Å²) in [6, 6.07) is 5.63. The molecule has 0 saturated carbocycles. The molecule has 1 aliphatic rings. The third-order valence-electron chi connectivity index (χ3n) is 4.43. The standard InChI is InChI=1S/C16H19N3O4/c1-23-10-16(15(21)22)5-2-6-19(16)14(20)8-11-3-4-12-9-17-18-13(12)7-11/h3-4,7,9H,2,5-6,8,10H2,1H3,(H,17,18)(H,21,22). The summed E-state index contributed by atoms with van der Waals surface area (Å²) in [4.78, 5) is 25.9. The first-order chi connectivity index (χ1) is 11.1. The van der Waals surface area contributed by atoms with Crippen LogP contribution in [0, 0.1) is 0 Å². The van der Waals surface area contributed by atoms with Crippen molar-refractivity contribution < 1.29 is 19.4 Å². The number of carboxylic acids is 1. The number of ether oxygens (including phenoxy) is 1. The van der Waals surface area contributed by atoms with Crippen LogP contribution in [0.3, 0.4) is 0 Å². The Morgan fingerprint density at radius 3 is 3.04 bits per heavy atom. The molecule has 1 atom stereocenters. The lowest BCUT2D eigenvalue weighted by Gasteiger charge is -2.34. The number of fused-ring (bicyclic) bond motifs is 1. The fourth-order valence-electron chi connectivity index (χ4n) is 3.28. The zero-order valence-corrected chi connectivity index (χ0v) is 12.9. The number of aromatic nitrogens is 2.